The first-order valence-electron chi connectivity index (χ1n) is 11.5. The first-order chi connectivity index (χ1) is 18.2. The molecule has 0 unspecified atom stereocenters. The van der Waals surface area contributed by atoms with E-state index in [0.717, 1.165) is 21.9 Å². The van der Waals surface area contributed by atoms with Crippen LogP contribution in [0.3, 0.4) is 0 Å². The Hall–Kier alpha value is -5.31. The van der Waals surface area contributed by atoms with Gasteiger partial charge in [0.1, 0.15) is 5.75 Å². The van der Waals surface area contributed by atoms with Crippen LogP contribution in [0.4, 0.5) is 11.6 Å². The molecule has 0 fully saturated rings. The molecule has 4 aromatic rings. The molecule has 38 heavy (non-hydrogen) atoms. The number of hydrogen-bond acceptors (Lipinski definition) is 9. The lowest BCUT2D eigenvalue weighted by Gasteiger charge is -2.16. The van der Waals surface area contributed by atoms with Gasteiger partial charge >= 0.3 is 17.3 Å². The van der Waals surface area contributed by atoms with Gasteiger partial charge in [0.15, 0.2) is 5.69 Å². The van der Waals surface area contributed by atoms with E-state index in [2.05, 4.69) is 20.3 Å². The molecule has 0 aliphatic heterocycles. The van der Waals surface area contributed by atoms with Crippen LogP contribution < -0.4 is 21.4 Å². The second-order valence-electron chi connectivity index (χ2n) is 8.38. The fourth-order valence-corrected chi connectivity index (χ4v) is 3.56. The third kappa shape index (κ3) is 5.90. The Bertz CT molecular complexity index is 1640. The summed E-state index contributed by atoms with van der Waals surface area (Å²) in [7, 11) is 0. The summed E-state index contributed by atoms with van der Waals surface area (Å²) in [5.41, 5.74) is 1.60. The minimum atomic E-state index is -1.19. The molecular weight excluding hydrogens is 490 g/mol. The maximum absolute atomic E-state index is 13.2. The van der Waals surface area contributed by atoms with E-state index in [1.165, 1.54) is 10.8 Å². The molecule has 0 aliphatic rings. The molecule has 0 aliphatic carbocycles. The average Bonchev–Trinajstić information content (AvgIpc) is 2.89. The van der Waals surface area contributed by atoms with Gasteiger partial charge in [0, 0.05) is 12.2 Å². The van der Waals surface area contributed by atoms with Crippen molar-refractivity contribution in [1.82, 2.24) is 24.1 Å². The van der Waals surface area contributed by atoms with Gasteiger partial charge in [-0.25, -0.2) is 28.9 Å². The zero-order valence-corrected chi connectivity index (χ0v) is 20.6. The van der Waals surface area contributed by atoms with E-state index in [9.17, 15) is 14.4 Å². The molecule has 12 heteroatoms. The van der Waals surface area contributed by atoms with Crippen molar-refractivity contribution in [1.29, 1.82) is 5.26 Å². The Morgan fingerprint density at radius 2 is 1.84 bits per heavy atom. The van der Waals surface area contributed by atoms with E-state index in [-0.39, 0.29) is 37.0 Å². The standard InChI is InChI=1S/C26H23N7O5/c1-16-4-6-18(7-5-16)15-33-24(31-25(36)32(26(33)37)11-3-10-27)30-19-8-9-21(17(2)12-19)38-22-14-28-20(13-29-22)23(34)35/h4-9,12-14H,3,11,15H2,1-2H3,(H,34,35)(H,30,31,36). The first-order valence-corrected chi connectivity index (χ1v) is 11.5. The van der Waals surface area contributed by atoms with Crippen molar-refractivity contribution in [3.63, 3.8) is 0 Å². The van der Waals surface area contributed by atoms with Crippen LogP contribution >= 0.6 is 0 Å². The van der Waals surface area contributed by atoms with Crippen molar-refractivity contribution in [2.75, 3.05) is 5.32 Å². The van der Waals surface area contributed by atoms with Crippen molar-refractivity contribution in [2.24, 2.45) is 0 Å². The summed E-state index contributed by atoms with van der Waals surface area (Å²) < 4.78 is 8.00. The Morgan fingerprint density at radius 1 is 1.08 bits per heavy atom. The molecule has 0 amide bonds. The van der Waals surface area contributed by atoms with Crippen molar-refractivity contribution >= 4 is 17.6 Å². The van der Waals surface area contributed by atoms with E-state index < -0.39 is 17.3 Å². The minimum Gasteiger partial charge on any atom is -0.476 e. The normalized spacial score (nSPS) is 10.6. The van der Waals surface area contributed by atoms with Crippen molar-refractivity contribution in [3.8, 4) is 17.7 Å². The smallest absolute Gasteiger partial charge is 0.356 e. The van der Waals surface area contributed by atoms with Gasteiger partial charge in [0.25, 0.3) is 0 Å². The molecule has 0 bridgehead atoms. The van der Waals surface area contributed by atoms with E-state index >= 15 is 0 Å². The zero-order valence-electron chi connectivity index (χ0n) is 20.6. The first kappa shape index (κ1) is 25.8. The van der Waals surface area contributed by atoms with Crippen LogP contribution in [0.25, 0.3) is 0 Å². The number of hydrogen-bond donors (Lipinski definition) is 2. The molecule has 2 heterocycles. The molecule has 2 aromatic heterocycles. The summed E-state index contributed by atoms with van der Waals surface area (Å²) in [4.78, 5) is 48.6. The van der Waals surface area contributed by atoms with Gasteiger partial charge in [-0.2, -0.15) is 10.2 Å². The van der Waals surface area contributed by atoms with Crippen LogP contribution in [-0.2, 0) is 13.1 Å². The third-order valence-corrected chi connectivity index (χ3v) is 5.55. The van der Waals surface area contributed by atoms with Gasteiger partial charge in [-0.15, -0.1) is 0 Å². The molecule has 0 radical (unpaired) electrons. The number of nitriles is 1. The van der Waals surface area contributed by atoms with E-state index in [0.29, 0.717) is 17.0 Å². The summed E-state index contributed by atoms with van der Waals surface area (Å²) in [6.07, 6.45) is 2.31. The largest absolute Gasteiger partial charge is 0.476 e. The van der Waals surface area contributed by atoms with E-state index in [4.69, 9.17) is 15.1 Å². The van der Waals surface area contributed by atoms with Gasteiger partial charge in [-0.1, -0.05) is 29.8 Å². The number of aromatic carboxylic acids is 1. The zero-order chi connectivity index (χ0) is 27.2. The van der Waals surface area contributed by atoms with Gasteiger partial charge in [0.2, 0.25) is 11.8 Å². The van der Waals surface area contributed by atoms with Crippen LogP contribution in [0.5, 0.6) is 11.6 Å². The molecule has 192 valence electrons. The second-order valence-corrected chi connectivity index (χ2v) is 8.38. The molecule has 0 saturated heterocycles. The summed E-state index contributed by atoms with van der Waals surface area (Å²) in [5.74, 6) is -0.571. The molecule has 2 aromatic carbocycles. The number of aromatic nitrogens is 5. The lowest BCUT2D eigenvalue weighted by molar-refractivity contribution is 0.0690. The monoisotopic (exact) mass is 513 g/mol. The van der Waals surface area contributed by atoms with Crippen molar-refractivity contribution < 1.29 is 14.6 Å². The predicted molar refractivity (Wildman–Crippen MR) is 137 cm³/mol. The molecule has 0 atom stereocenters. The van der Waals surface area contributed by atoms with Gasteiger partial charge in [-0.3, -0.25) is 4.57 Å². The lowest BCUT2D eigenvalue weighted by Crippen LogP contribution is -2.42. The van der Waals surface area contributed by atoms with Crippen LogP contribution in [0.15, 0.2) is 64.4 Å². The SMILES string of the molecule is Cc1ccc(Cn2c(Nc3ccc(Oc4cnc(C(=O)O)cn4)c(C)c3)nc(=O)n(CCC#N)c2=O)cc1. The van der Waals surface area contributed by atoms with Gasteiger partial charge < -0.3 is 15.2 Å². The van der Waals surface area contributed by atoms with Crippen LogP contribution in [-0.4, -0.2) is 35.2 Å². The number of rotatable bonds is 9. The summed E-state index contributed by atoms with van der Waals surface area (Å²) in [6.45, 7) is 3.84. The summed E-state index contributed by atoms with van der Waals surface area (Å²) in [5, 5.41) is 20.9. The highest BCUT2D eigenvalue weighted by atomic mass is 16.5. The van der Waals surface area contributed by atoms with Crippen LogP contribution in [0.1, 0.15) is 33.6 Å². The Morgan fingerprint density at radius 3 is 2.47 bits per heavy atom. The topological polar surface area (TPSA) is 165 Å². The number of nitrogens with zero attached hydrogens (tertiary/aromatic N) is 6. The highest BCUT2D eigenvalue weighted by molar-refractivity contribution is 5.84. The summed E-state index contributed by atoms with van der Waals surface area (Å²) in [6, 6.07) is 14.6. The minimum absolute atomic E-state index is 0.00178. The summed E-state index contributed by atoms with van der Waals surface area (Å²) >= 11 is 0. The van der Waals surface area contributed by atoms with Crippen LogP contribution in [0.2, 0.25) is 0 Å². The highest BCUT2D eigenvalue weighted by Crippen LogP contribution is 2.27. The number of carbonyl (C=O) groups is 1. The van der Waals surface area contributed by atoms with Crippen molar-refractivity contribution in [3.05, 3.63) is 98.2 Å². The molecule has 2 N–H and O–H groups in total. The number of aryl methyl sites for hydroxylation is 2. The number of nitrogens with one attached hydrogen (secondary N) is 1. The van der Waals surface area contributed by atoms with E-state index in [1.54, 1.807) is 25.1 Å². The highest BCUT2D eigenvalue weighted by Gasteiger charge is 2.15. The lowest BCUT2D eigenvalue weighted by atomic mass is 10.1. The predicted octanol–water partition coefficient (Wildman–Crippen LogP) is 3.01. The Labute approximate surface area is 216 Å². The average molecular weight is 514 g/mol. The molecule has 12 nitrogen and oxygen atoms in total. The number of benzene rings is 2. The number of carboxylic acid groups (broad SMARTS) is 1. The number of carboxylic acids is 1. The fourth-order valence-electron chi connectivity index (χ4n) is 3.56. The maximum atomic E-state index is 13.2. The molecule has 0 spiro atoms. The second kappa shape index (κ2) is 11.2. The molecular formula is C26H23N7O5. The molecule has 0 saturated carbocycles. The Kier molecular flexibility index (Phi) is 7.58. The Balaban J connectivity index is 1.64. The quantitative estimate of drug-likeness (QED) is 0.340. The van der Waals surface area contributed by atoms with Crippen LogP contribution in [0, 0.1) is 25.2 Å². The molecule has 4 rings (SSSR count). The third-order valence-electron chi connectivity index (χ3n) is 5.55. The maximum Gasteiger partial charge on any atom is 0.356 e. The fraction of sp³-hybridized carbons (Fsp3) is 0.192. The van der Waals surface area contributed by atoms with Crippen molar-refractivity contribution in [2.45, 2.75) is 33.4 Å². The van der Waals surface area contributed by atoms with Gasteiger partial charge in [0.05, 0.1) is 31.4 Å². The van der Waals surface area contributed by atoms with Gasteiger partial charge in [-0.05, 0) is 43.2 Å². The van der Waals surface area contributed by atoms with E-state index in [1.807, 2.05) is 37.3 Å². The number of anilines is 2. The number of ether oxygens (including phenoxy) is 1.